The third kappa shape index (κ3) is 16.3. The summed E-state index contributed by atoms with van der Waals surface area (Å²) in [5.74, 6) is 0. The first-order valence-corrected chi connectivity index (χ1v) is 23.8. The smallest absolute Gasteiger partial charge is 0.432 e. The molecule has 0 bridgehead atoms. The molecule has 72 heavy (non-hydrogen) atoms. The van der Waals surface area contributed by atoms with Crippen LogP contribution in [0.25, 0.3) is 0 Å². The molecule has 2 aromatic heterocycles. The minimum Gasteiger partial charge on any atom is -0.432 e. The zero-order valence-electron chi connectivity index (χ0n) is 39.6. The zero-order chi connectivity index (χ0) is 54.6. The second kappa shape index (κ2) is 25.3. The summed E-state index contributed by atoms with van der Waals surface area (Å²) >= 11 is 0. The van der Waals surface area contributed by atoms with E-state index in [4.69, 9.17) is 32.5 Å². The van der Waals surface area contributed by atoms with Crippen LogP contribution in [0.5, 0.6) is 0 Å². The van der Waals surface area contributed by atoms with Crippen LogP contribution in [0.2, 0.25) is 0 Å². The standard InChI is InChI=1S/C21H32FN2O15P.C16H24FN2O12P/c1-12(2)37-18(28)32-10-35-40(31,36-11-33-19(29)38-13(3)4)34-9-21(8-22)15(26)20(5,30)16(39-21)24-7-6-14(25)23-17(24)27;1-9(2)30-14(23)27-8-29-32(25,26)28-7-16(6-17)11(21)15(3,24)12(31-16)19-5-4-10(20)18-13(19)22/h6-7,12-13,15-16,26,30H,8-11H2,1-5H3,(H,23,25,27);4-5,9,11-12,21,24H,6-8H2,1-3H3,(H,25,26)(H,18,20,22)/t15-,16+,20+,21+;11-,12+,15+,16+/m00/s1. The number of halogens is 2. The summed E-state index contributed by atoms with van der Waals surface area (Å²) in [5.41, 5.74) is -13.1. The van der Waals surface area contributed by atoms with Gasteiger partial charge in [0, 0.05) is 24.5 Å². The van der Waals surface area contributed by atoms with E-state index in [0.717, 1.165) is 38.4 Å². The molecule has 410 valence electrons. The van der Waals surface area contributed by atoms with Crippen LogP contribution in [-0.2, 0) is 69.6 Å². The molecule has 35 heteroatoms. The fourth-order valence-electron chi connectivity index (χ4n) is 6.19. The number of carbonyl (C=O) groups is 3. The number of phosphoric ester groups is 2. The summed E-state index contributed by atoms with van der Waals surface area (Å²) in [5, 5.41) is 42.8. The molecule has 2 fully saturated rings. The molecule has 31 nitrogen and oxygen atoms in total. The minimum atomic E-state index is -4.96. The van der Waals surface area contributed by atoms with E-state index in [1.807, 2.05) is 9.97 Å². The van der Waals surface area contributed by atoms with Gasteiger partial charge in [-0.2, -0.15) is 0 Å². The van der Waals surface area contributed by atoms with E-state index in [9.17, 15) is 76.8 Å². The maximum absolute atomic E-state index is 14.4. The first-order valence-electron chi connectivity index (χ1n) is 20.9. The third-order valence-corrected chi connectivity index (χ3v) is 11.7. The second-order valence-electron chi connectivity index (χ2n) is 16.5. The third-order valence-electron chi connectivity index (χ3n) is 9.56. The number of aromatic nitrogens is 4. The topological polar surface area (TPSA) is 416 Å². The molecule has 7 N–H and O–H groups in total. The number of aromatic amines is 2. The number of rotatable bonds is 22. The van der Waals surface area contributed by atoms with Gasteiger partial charge in [-0.15, -0.1) is 0 Å². The van der Waals surface area contributed by atoms with Crippen LogP contribution in [0.1, 0.15) is 67.8 Å². The van der Waals surface area contributed by atoms with Crippen LogP contribution in [0, 0.1) is 0 Å². The molecule has 1 unspecified atom stereocenters. The van der Waals surface area contributed by atoms with Gasteiger partial charge in [-0.3, -0.25) is 37.7 Å². The average Bonchev–Trinajstić information content (AvgIpc) is 3.59. The van der Waals surface area contributed by atoms with Crippen LogP contribution < -0.4 is 22.5 Å². The lowest BCUT2D eigenvalue weighted by Crippen LogP contribution is -2.53. The summed E-state index contributed by atoms with van der Waals surface area (Å²) in [6, 6.07) is 1.85. The van der Waals surface area contributed by atoms with Gasteiger partial charge in [-0.05, 0) is 55.4 Å². The van der Waals surface area contributed by atoms with Crippen molar-refractivity contribution in [3.05, 3.63) is 66.2 Å². The first-order chi connectivity index (χ1) is 33.3. The molecule has 4 heterocycles. The van der Waals surface area contributed by atoms with Crippen LogP contribution in [0.4, 0.5) is 23.2 Å². The van der Waals surface area contributed by atoms with Gasteiger partial charge in [0.05, 0.1) is 31.5 Å². The Morgan fingerprint density at radius 3 is 1.29 bits per heavy atom. The lowest BCUT2D eigenvalue weighted by atomic mass is 9.88. The van der Waals surface area contributed by atoms with Gasteiger partial charge < -0.3 is 63.2 Å². The van der Waals surface area contributed by atoms with Gasteiger partial charge in [0.2, 0.25) is 20.4 Å². The van der Waals surface area contributed by atoms with Crippen molar-refractivity contribution in [3.8, 4) is 0 Å². The monoisotopic (exact) mass is 1090 g/mol. The number of aliphatic hydroxyl groups excluding tert-OH is 2. The number of hydrogen-bond acceptors (Lipinski definition) is 26. The Balaban J connectivity index is 0.000000390. The molecule has 0 saturated carbocycles. The lowest BCUT2D eigenvalue weighted by molar-refractivity contribution is -0.141. The fourth-order valence-corrected chi connectivity index (χ4v) is 7.79. The lowest BCUT2D eigenvalue weighted by Gasteiger charge is -2.31. The van der Waals surface area contributed by atoms with Gasteiger partial charge in [0.25, 0.3) is 11.1 Å². The highest BCUT2D eigenvalue weighted by Gasteiger charge is 2.64. The number of H-pyrrole nitrogens is 2. The SMILES string of the molecule is CC(C)OC(=O)OCOP(=O)(O)OC[C@@]1(CF)O[C@@H](n2ccc(=O)[nH]c2=O)[C@](C)(O)[C@@H]1O.CC(C)OC(=O)OCOP(=O)(OCOC(=O)OC(C)C)OC[C@@]1(CF)O[C@@H](n2ccc(=O)[nH]c2=O)[C@](C)(O)[C@@H]1O. The van der Waals surface area contributed by atoms with Gasteiger partial charge in [0.1, 0.15) is 36.8 Å². The largest absolute Gasteiger partial charge is 0.510 e. The zero-order valence-corrected chi connectivity index (χ0v) is 41.4. The van der Waals surface area contributed by atoms with Crippen molar-refractivity contribution in [2.75, 3.05) is 46.9 Å². The van der Waals surface area contributed by atoms with E-state index in [1.165, 1.54) is 41.5 Å². The maximum Gasteiger partial charge on any atom is 0.510 e. The normalized spacial score (nSPS) is 26.9. The Bertz CT molecular complexity index is 2470. The highest BCUT2D eigenvalue weighted by atomic mass is 31.2. The number of phosphoric acid groups is 2. The van der Waals surface area contributed by atoms with Crippen LogP contribution >= 0.6 is 15.6 Å². The highest BCUT2D eigenvalue weighted by Crippen LogP contribution is 2.53. The van der Waals surface area contributed by atoms with Gasteiger partial charge >= 0.3 is 45.5 Å². The summed E-state index contributed by atoms with van der Waals surface area (Å²) in [6.07, 6.45) is -11.0. The molecule has 0 aliphatic carbocycles. The average molecular weight is 1090 g/mol. The fraction of sp³-hybridized carbons (Fsp3) is 0.703. The van der Waals surface area contributed by atoms with E-state index in [-0.39, 0.29) is 0 Å². The van der Waals surface area contributed by atoms with Crippen molar-refractivity contribution < 1.29 is 118 Å². The molecule has 9 atom stereocenters. The predicted octanol–water partition coefficient (Wildman–Crippen LogP) is 0.620. The molecule has 4 rings (SSSR count). The minimum absolute atomic E-state index is 0.513. The van der Waals surface area contributed by atoms with Gasteiger partial charge in [0.15, 0.2) is 23.7 Å². The summed E-state index contributed by atoms with van der Waals surface area (Å²) < 4.78 is 117. The highest BCUT2D eigenvalue weighted by molar-refractivity contribution is 7.48. The van der Waals surface area contributed by atoms with E-state index in [0.29, 0.717) is 9.13 Å². The van der Waals surface area contributed by atoms with Crippen molar-refractivity contribution in [1.29, 1.82) is 0 Å². The first kappa shape index (κ1) is 61.3. The molecular weight excluding hydrogens is 1030 g/mol. The van der Waals surface area contributed by atoms with Crippen LogP contribution in [0.15, 0.2) is 43.7 Å². The van der Waals surface area contributed by atoms with Crippen molar-refractivity contribution in [3.63, 3.8) is 0 Å². The van der Waals surface area contributed by atoms with E-state index in [2.05, 4.69) is 28.0 Å². The molecule has 2 aliphatic rings. The Hall–Kier alpha value is -4.99. The molecule has 0 radical (unpaired) electrons. The van der Waals surface area contributed by atoms with Crippen molar-refractivity contribution in [2.24, 2.45) is 0 Å². The number of nitrogens with one attached hydrogen (secondary N) is 2. The van der Waals surface area contributed by atoms with Crippen LogP contribution in [-0.4, -0.2) is 163 Å². The van der Waals surface area contributed by atoms with E-state index >= 15 is 0 Å². The maximum atomic E-state index is 14.4. The number of hydrogen-bond donors (Lipinski definition) is 7. The molecule has 2 aromatic rings. The van der Waals surface area contributed by atoms with Crippen molar-refractivity contribution in [2.45, 2.75) is 121 Å². The predicted molar refractivity (Wildman–Crippen MR) is 229 cm³/mol. The number of carbonyl (C=O) groups excluding carboxylic acids is 3. The Morgan fingerprint density at radius 1 is 0.639 bits per heavy atom. The number of alkyl halides is 2. The quantitative estimate of drug-likeness (QED) is 0.0368. The van der Waals surface area contributed by atoms with Gasteiger partial charge in [-0.1, -0.05) is 0 Å². The Morgan fingerprint density at radius 2 is 0.972 bits per heavy atom. The molecule has 0 amide bonds. The van der Waals surface area contributed by atoms with Crippen molar-refractivity contribution >= 4 is 34.1 Å². The van der Waals surface area contributed by atoms with Crippen LogP contribution in [0.3, 0.4) is 0 Å². The molecular formula is C37H56F2N4O27P2. The van der Waals surface area contributed by atoms with E-state index in [1.54, 1.807) is 0 Å². The molecule has 2 aliphatic heterocycles. The number of ether oxygens (including phenoxy) is 8. The van der Waals surface area contributed by atoms with Gasteiger partial charge in [-0.25, -0.2) is 55.5 Å². The molecule has 2 saturated heterocycles. The molecule has 0 spiro atoms. The number of aliphatic hydroxyl groups is 4. The Kier molecular flexibility index (Phi) is 21.5. The Labute approximate surface area is 404 Å². The van der Waals surface area contributed by atoms with Crippen molar-refractivity contribution in [1.82, 2.24) is 19.1 Å². The summed E-state index contributed by atoms with van der Waals surface area (Å²) in [7, 11) is -9.86. The second-order valence-corrected chi connectivity index (χ2v) is 19.6. The molecule has 0 aromatic carbocycles. The summed E-state index contributed by atoms with van der Waals surface area (Å²) in [4.78, 5) is 94.9. The van der Waals surface area contributed by atoms with E-state index < -0.39 is 169 Å². The number of nitrogens with zero attached hydrogens (tertiary/aromatic N) is 2. The summed E-state index contributed by atoms with van der Waals surface area (Å²) in [6.45, 7) is 2.71.